The van der Waals surface area contributed by atoms with Crippen LogP contribution < -0.4 is 14.8 Å². The number of hydrogen-bond donors (Lipinski definition) is 2. The fourth-order valence-electron chi connectivity index (χ4n) is 5.51. The van der Waals surface area contributed by atoms with Crippen LogP contribution in [0.25, 0.3) is 16.7 Å². The van der Waals surface area contributed by atoms with E-state index in [0.717, 1.165) is 52.0 Å². The van der Waals surface area contributed by atoms with Crippen LogP contribution in [0.1, 0.15) is 72.1 Å². The number of allylic oxidation sites excluding steroid dienone is 2. The van der Waals surface area contributed by atoms with E-state index in [9.17, 15) is 9.90 Å². The summed E-state index contributed by atoms with van der Waals surface area (Å²) in [4.78, 5) is 17.6. The fourth-order valence-corrected chi connectivity index (χ4v) is 5.51. The molecule has 1 atom stereocenters. The lowest BCUT2D eigenvalue weighted by molar-refractivity contribution is 0.0950. The highest BCUT2D eigenvalue weighted by molar-refractivity contribution is 5.95. The molecule has 1 aromatic heterocycles. The van der Waals surface area contributed by atoms with Crippen molar-refractivity contribution in [2.45, 2.75) is 52.5 Å². The van der Waals surface area contributed by atoms with Gasteiger partial charge in [0, 0.05) is 35.3 Å². The maximum absolute atomic E-state index is 13.1. The van der Waals surface area contributed by atoms with Gasteiger partial charge in [-0.25, -0.2) is 4.98 Å². The lowest BCUT2D eigenvalue weighted by atomic mass is 9.76. The zero-order valence-electron chi connectivity index (χ0n) is 24.7. The predicted molar refractivity (Wildman–Crippen MR) is 167 cm³/mol. The summed E-state index contributed by atoms with van der Waals surface area (Å²) in [5.74, 6) is 1.61. The van der Waals surface area contributed by atoms with Crippen LogP contribution in [-0.4, -0.2) is 29.7 Å². The molecule has 0 aliphatic heterocycles. The second-order valence-electron chi connectivity index (χ2n) is 10.8. The summed E-state index contributed by atoms with van der Waals surface area (Å²) in [5.41, 5.74) is 8.78. The third-order valence-corrected chi connectivity index (χ3v) is 8.09. The highest BCUT2D eigenvalue weighted by atomic mass is 16.5. The molecule has 0 saturated heterocycles. The smallest absolute Gasteiger partial charge is 0.251 e. The molecule has 0 saturated carbocycles. The number of rotatable bonds is 10. The quantitative estimate of drug-likeness (QED) is 0.194. The Morgan fingerprint density at radius 3 is 2.71 bits per heavy atom. The summed E-state index contributed by atoms with van der Waals surface area (Å²) in [6.07, 6.45) is 4.36. The van der Waals surface area contributed by atoms with Crippen LogP contribution in [0.4, 0.5) is 0 Å². The lowest BCUT2D eigenvalue weighted by Gasteiger charge is -2.28. The van der Waals surface area contributed by atoms with Gasteiger partial charge in [-0.1, -0.05) is 50.1 Å². The number of nitrogens with one attached hydrogen (secondary N) is 1. The van der Waals surface area contributed by atoms with Gasteiger partial charge in [0.05, 0.1) is 13.7 Å². The third kappa shape index (κ3) is 6.18. The van der Waals surface area contributed by atoms with E-state index < -0.39 is 0 Å². The van der Waals surface area contributed by atoms with Crippen LogP contribution in [0, 0.1) is 0 Å². The van der Waals surface area contributed by atoms with Crippen molar-refractivity contribution >= 4 is 11.5 Å². The number of amides is 1. The van der Waals surface area contributed by atoms with Crippen LogP contribution in [0.2, 0.25) is 0 Å². The molecule has 0 radical (unpaired) electrons. The minimum Gasteiger partial charge on any atom is -0.507 e. The van der Waals surface area contributed by atoms with Gasteiger partial charge in [-0.15, -0.1) is 0 Å². The van der Waals surface area contributed by atoms with E-state index >= 15 is 0 Å². The van der Waals surface area contributed by atoms with Crippen molar-refractivity contribution in [2.24, 2.45) is 0 Å². The SMILES string of the molecule is CCCCOc1ncccc1-c1ccc(O)c(C2=C(C)[C@H](C)c3ccc(C(=O)NCc4cccc(OC)c4)cc3C2)c1. The van der Waals surface area contributed by atoms with E-state index in [2.05, 4.69) is 37.1 Å². The number of phenols is 1. The van der Waals surface area contributed by atoms with Crippen molar-refractivity contribution in [3.05, 3.63) is 112 Å². The number of hydrogen-bond acceptors (Lipinski definition) is 5. The van der Waals surface area contributed by atoms with E-state index in [1.807, 2.05) is 60.7 Å². The third-order valence-electron chi connectivity index (χ3n) is 8.09. The highest BCUT2D eigenvalue weighted by Crippen LogP contribution is 2.43. The molecule has 0 unspecified atom stereocenters. The van der Waals surface area contributed by atoms with Crippen LogP contribution in [-0.2, 0) is 13.0 Å². The molecule has 0 fully saturated rings. The molecule has 5 rings (SSSR count). The molecule has 1 heterocycles. The lowest BCUT2D eigenvalue weighted by Crippen LogP contribution is -2.23. The Hall–Kier alpha value is -4.58. The monoisotopic (exact) mass is 562 g/mol. The van der Waals surface area contributed by atoms with Crippen molar-refractivity contribution in [2.75, 3.05) is 13.7 Å². The van der Waals surface area contributed by atoms with Crippen molar-refractivity contribution < 1.29 is 19.4 Å². The maximum Gasteiger partial charge on any atom is 0.251 e. The molecule has 6 nitrogen and oxygen atoms in total. The second-order valence-corrected chi connectivity index (χ2v) is 10.8. The zero-order chi connectivity index (χ0) is 29.6. The number of benzene rings is 3. The van der Waals surface area contributed by atoms with E-state index in [1.54, 1.807) is 19.4 Å². The Morgan fingerprint density at radius 2 is 1.90 bits per heavy atom. The number of fused-ring (bicyclic) bond motifs is 1. The minimum atomic E-state index is -0.127. The number of nitrogens with zero attached hydrogens (tertiary/aromatic N) is 1. The summed E-state index contributed by atoms with van der Waals surface area (Å²) >= 11 is 0. The molecule has 0 bridgehead atoms. The van der Waals surface area contributed by atoms with E-state index in [-0.39, 0.29) is 17.6 Å². The molecule has 0 spiro atoms. The molecular formula is C36H38N2O4. The summed E-state index contributed by atoms with van der Waals surface area (Å²) in [6.45, 7) is 7.46. The molecule has 4 aromatic rings. The van der Waals surface area contributed by atoms with Crippen LogP contribution in [0.15, 0.2) is 84.6 Å². The Kier molecular flexibility index (Phi) is 8.91. The van der Waals surface area contributed by atoms with Gasteiger partial charge in [-0.3, -0.25) is 4.79 Å². The summed E-state index contributed by atoms with van der Waals surface area (Å²) in [5, 5.41) is 14.1. The predicted octanol–water partition coefficient (Wildman–Crippen LogP) is 7.71. The molecule has 1 amide bonds. The number of aromatic hydroxyl groups is 1. The number of pyridine rings is 1. The number of phenolic OH excluding ortho intramolecular Hbond substituents is 1. The van der Waals surface area contributed by atoms with Gasteiger partial charge in [0.1, 0.15) is 11.5 Å². The molecular weight excluding hydrogens is 524 g/mol. The first kappa shape index (κ1) is 28.9. The number of methoxy groups -OCH3 is 1. The van der Waals surface area contributed by atoms with Crippen LogP contribution in [0.5, 0.6) is 17.4 Å². The molecule has 6 heteroatoms. The first-order valence-electron chi connectivity index (χ1n) is 14.5. The van der Waals surface area contributed by atoms with Gasteiger partial charge in [-0.05, 0) is 96.1 Å². The van der Waals surface area contributed by atoms with E-state index in [0.29, 0.717) is 31.0 Å². The van der Waals surface area contributed by atoms with Gasteiger partial charge >= 0.3 is 0 Å². The number of unbranched alkanes of at least 4 members (excludes halogenated alkanes) is 1. The maximum atomic E-state index is 13.1. The number of carbonyl (C=O) groups excluding carboxylic acids is 1. The summed E-state index contributed by atoms with van der Waals surface area (Å²) in [7, 11) is 1.63. The molecule has 1 aliphatic carbocycles. The summed E-state index contributed by atoms with van der Waals surface area (Å²) in [6, 6.07) is 23.2. The van der Waals surface area contributed by atoms with Crippen LogP contribution in [0.3, 0.4) is 0 Å². The van der Waals surface area contributed by atoms with Gasteiger partial charge in [0.2, 0.25) is 5.88 Å². The van der Waals surface area contributed by atoms with Gasteiger partial charge in [-0.2, -0.15) is 0 Å². The zero-order valence-corrected chi connectivity index (χ0v) is 24.7. The second kappa shape index (κ2) is 12.9. The number of ether oxygens (including phenoxy) is 2. The molecule has 42 heavy (non-hydrogen) atoms. The van der Waals surface area contributed by atoms with Gasteiger partial charge in [0.15, 0.2) is 0 Å². The molecule has 3 aromatic carbocycles. The minimum absolute atomic E-state index is 0.127. The Bertz CT molecular complexity index is 1620. The van der Waals surface area contributed by atoms with Gasteiger partial charge in [0.25, 0.3) is 5.91 Å². The molecule has 216 valence electrons. The average molecular weight is 563 g/mol. The van der Waals surface area contributed by atoms with Crippen molar-refractivity contribution in [1.82, 2.24) is 10.3 Å². The molecule has 1 aliphatic rings. The van der Waals surface area contributed by atoms with Crippen molar-refractivity contribution in [3.8, 4) is 28.5 Å². The van der Waals surface area contributed by atoms with E-state index in [1.165, 1.54) is 11.1 Å². The van der Waals surface area contributed by atoms with Crippen molar-refractivity contribution in [3.63, 3.8) is 0 Å². The largest absolute Gasteiger partial charge is 0.507 e. The number of aromatic nitrogens is 1. The van der Waals surface area contributed by atoms with Crippen molar-refractivity contribution in [1.29, 1.82) is 0 Å². The number of carbonyl (C=O) groups is 1. The van der Waals surface area contributed by atoms with Gasteiger partial charge < -0.3 is 19.9 Å². The standard InChI is InChI=1S/C36H38N2O4/c1-5-6-17-42-36-31(11-8-16-37-36)26-13-15-34(39)33(20-26)32-21-28-19-27(12-14-30(28)23(2)24(32)3)35(40)38-22-25-9-7-10-29(18-25)41-4/h7-16,18-20,23,39H,5-6,17,21-22H2,1-4H3,(H,38,40)/t23-/m0/s1. The normalized spacial score (nSPS) is 14.3. The Balaban J connectivity index is 1.41. The first-order valence-corrected chi connectivity index (χ1v) is 14.5. The van der Waals surface area contributed by atoms with E-state index in [4.69, 9.17) is 9.47 Å². The molecule has 2 N–H and O–H groups in total. The first-order chi connectivity index (χ1) is 20.4. The summed E-state index contributed by atoms with van der Waals surface area (Å²) < 4.78 is 11.3. The Labute approximate surface area is 248 Å². The highest BCUT2D eigenvalue weighted by Gasteiger charge is 2.26. The fraction of sp³-hybridized carbons (Fsp3) is 0.278. The van der Waals surface area contributed by atoms with Crippen LogP contribution >= 0.6 is 0 Å². The average Bonchev–Trinajstić information content (AvgIpc) is 3.02. The Morgan fingerprint density at radius 1 is 1.05 bits per heavy atom. The topological polar surface area (TPSA) is 80.7 Å².